The van der Waals surface area contributed by atoms with E-state index in [0.29, 0.717) is 17.2 Å². The minimum absolute atomic E-state index is 0.185. The Balaban J connectivity index is 1.67. The van der Waals surface area contributed by atoms with Crippen LogP contribution in [0.3, 0.4) is 0 Å². The standard InChI is InChI=1S/C17H25NOS/c1-13-4-6-14(7-5-13)11-20-12-16(19)18-15-8-9-17(2,3)10-15/h4-7,15H,8-12H2,1-3H3,(H,18,19). The molecule has 110 valence electrons. The van der Waals surface area contributed by atoms with Gasteiger partial charge >= 0.3 is 0 Å². The summed E-state index contributed by atoms with van der Waals surface area (Å²) in [6.45, 7) is 6.66. The quantitative estimate of drug-likeness (QED) is 0.891. The number of thioether (sulfide) groups is 1. The lowest BCUT2D eigenvalue weighted by Crippen LogP contribution is -2.34. The molecule has 1 aromatic rings. The first-order valence-electron chi connectivity index (χ1n) is 7.37. The smallest absolute Gasteiger partial charge is 0.230 e. The van der Waals surface area contributed by atoms with Crippen LogP contribution in [0.4, 0.5) is 0 Å². The average molecular weight is 291 g/mol. The van der Waals surface area contributed by atoms with Crippen LogP contribution in [0, 0.1) is 12.3 Å². The highest BCUT2D eigenvalue weighted by Crippen LogP contribution is 2.36. The Morgan fingerprint density at radius 2 is 2.05 bits per heavy atom. The summed E-state index contributed by atoms with van der Waals surface area (Å²) in [5.41, 5.74) is 2.96. The molecular formula is C17H25NOS. The lowest BCUT2D eigenvalue weighted by atomic mass is 9.92. The molecule has 1 saturated carbocycles. The number of hydrogen-bond acceptors (Lipinski definition) is 2. The lowest BCUT2D eigenvalue weighted by Gasteiger charge is -2.17. The van der Waals surface area contributed by atoms with E-state index in [1.165, 1.54) is 17.5 Å². The van der Waals surface area contributed by atoms with Crippen molar-refractivity contribution >= 4 is 17.7 Å². The maximum atomic E-state index is 11.9. The van der Waals surface area contributed by atoms with Crippen molar-refractivity contribution in [2.75, 3.05) is 5.75 Å². The molecule has 0 aromatic heterocycles. The van der Waals surface area contributed by atoms with Gasteiger partial charge in [0.15, 0.2) is 0 Å². The summed E-state index contributed by atoms with van der Waals surface area (Å²) in [5, 5.41) is 3.17. The van der Waals surface area contributed by atoms with Crippen LogP contribution in [-0.2, 0) is 10.5 Å². The van der Waals surface area contributed by atoms with Crippen LogP contribution in [0.2, 0.25) is 0 Å². The number of carbonyl (C=O) groups excluding carboxylic acids is 1. The summed E-state index contributed by atoms with van der Waals surface area (Å²) in [6.07, 6.45) is 3.46. The van der Waals surface area contributed by atoms with Crippen LogP contribution in [0.15, 0.2) is 24.3 Å². The van der Waals surface area contributed by atoms with Gasteiger partial charge in [0.25, 0.3) is 0 Å². The van der Waals surface area contributed by atoms with Crippen molar-refractivity contribution in [1.82, 2.24) is 5.32 Å². The molecule has 2 nitrogen and oxygen atoms in total. The fourth-order valence-corrected chi connectivity index (χ4v) is 3.57. The summed E-state index contributed by atoms with van der Waals surface area (Å²) < 4.78 is 0. The van der Waals surface area contributed by atoms with Gasteiger partial charge in [0.2, 0.25) is 5.91 Å². The van der Waals surface area contributed by atoms with E-state index in [4.69, 9.17) is 0 Å². The molecule has 0 bridgehead atoms. The molecule has 0 heterocycles. The second kappa shape index (κ2) is 6.66. The molecule has 2 rings (SSSR count). The highest BCUT2D eigenvalue weighted by Gasteiger charge is 2.31. The SMILES string of the molecule is Cc1ccc(CSCC(=O)NC2CCC(C)(C)C2)cc1. The van der Waals surface area contributed by atoms with Crippen molar-refractivity contribution in [3.8, 4) is 0 Å². The van der Waals surface area contributed by atoms with Crippen LogP contribution in [0.5, 0.6) is 0 Å². The van der Waals surface area contributed by atoms with Gasteiger partial charge in [0, 0.05) is 11.8 Å². The minimum Gasteiger partial charge on any atom is -0.353 e. The van der Waals surface area contributed by atoms with Crippen molar-refractivity contribution in [2.24, 2.45) is 5.41 Å². The van der Waals surface area contributed by atoms with E-state index < -0.39 is 0 Å². The normalized spacial score (nSPS) is 20.9. The second-order valence-corrected chi connectivity index (χ2v) is 7.64. The number of carbonyl (C=O) groups is 1. The number of benzene rings is 1. The molecule has 0 spiro atoms. The molecule has 0 aliphatic heterocycles. The molecule has 1 aliphatic carbocycles. The highest BCUT2D eigenvalue weighted by molar-refractivity contribution is 7.99. The minimum atomic E-state index is 0.185. The molecule has 1 N–H and O–H groups in total. The number of aryl methyl sites for hydroxylation is 1. The summed E-state index contributed by atoms with van der Waals surface area (Å²) in [4.78, 5) is 11.9. The molecule has 20 heavy (non-hydrogen) atoms. The Morgan fingerprint density at radius 3 is 2.65 bits per heavy atom. The predicted octanol–water partition coefficient (Wildman–Crippen LogP) is 3.92. The van der Waals surface area contributed by atoms with Crippen LogP contribution < -0.4 is 5.32 Å². The monoisotopic (exact) mass is 291 g/mol. The van der Waals surface area contributed by atoms with Gasteiger partial charge in [-0.3, -0.25) is 4.79 Å². The van der Waals surface area contributed by atoms with Gasteiger partial charge < -0.3 is 5.32 Å². The van der Waals surface area contributed by atoms with Gasteiger partial charge in [0.05, 0.1) is 5.75 Å². The number of amides is 1. The number of rotatable bonds is 5. The fourth-order valence-electron chi connectivity index (χ4n) is 2.77. The van der Waals surface area contributed by atoms with E-state index in [-0.39, 0.29) is 5.91 Å². The van der Waals surface area contributed by atoms with Gasteiger partial charge in [-0.05, 0) is 37.2 Å². The summed E-state index contributed by atoms with van der Waals surface area (Å²) in [5.74, 6) is 1.65. The Hall–Kier alpha value is -0.960. The van der Waals surface area contributed by atoms with Crippen LogP contribution in [0.25, 0.3) is 0 Å². The van der Waals surface area contributed by atoms with Crippen molar-refractivity contribution in [3.63, 3.8) is 0 Å². The summed E-state index contributed by atoms with van der Waals surface area (Å²) in [7, 11) is 0. The lowest BCUT2D eigenvalue weighted by molar-refractivity contribution is -0.119. The van der Waals surface area contributed by atoms with Gasteiger partial charge in [0.1, 0.15) is 0 Å². The Bertz CT molecular complexity index is 453. The zero-order valence-corrected chi connectivity index (χ0v) is 13.6. The van der Waals surface area contributed by atoms with Crippen LogP contribution in [-0.4, -0.2) is 17.7 Å². The van der Waals surface area contributed by atoms with Gasteiger partial charge in [-0.2, -0.15) is 0 Å². The van der Waals surface area contributed by atoms with Crippen molar-refractivity contribution in [1.29, 1.82) is 0 Å². The Kier molecular flexibility index (Phi) is 5.14. The third-order valence-corrected chi connectivity index (χ3v) is 4.96. The highest BCUT2D eigenvalue weighted by atomic mass is 32.2. The first-order chi connectivity index (χ1) is 9.44. The first-order valence-corrected chi connectivity index (χ1v) is 8.53. The number of nitrogens with one attached hydrogen (secondary N) is 1. The Morgan fingerprint density at radius 1 is 1.35 bits per heavy atom. The van der Waals surface area contributed by atoms with E-state index in [2.05, 4.69) is 50.4 Å². The summed E-state index contributed by atoms with van der Waals surface area (Å²) in [6, 6.07) is 8.91. The molecular weight excluding hydrogens is 266 g/mol. The maximum Gasteiger partial charge on any atom is 0.230 e. The molecule has 1 atom stereocenters. The van der Waals surface area contributed by atoms with Gasteiger partial charge in [-0.1, -0.05) is 43.7 Å². The van der Waals surface area contributed by atoms with Crippen molar-refractivity contribution in [3.05, 3.63) is 35.4 Å². The third-order valence-electron chi connectivity index (χ3n) is 3.96. The molecule has 1 unspecified atom stereocenters. The molecule has 0 radical (unpaired) electrons. The van der Waals surface area contributed by atoms with E-state index in [1.54, 1.807) is 11.8 Å². The molecule has 1 amide bonds. The molecule has 1 aliphatic rings. The molecule has 0 saturated heterocycles. The van der Waals surface area contributed by atoms with Crippen molar-refractivity contribution < 1.29 is 4.79 Å². The van der Waals surface area contributed by atoms with E-state index in [0.717, 1.165) is 18.6 Å². The fraction of sp³-hybridized carbons (Fsp3) is 0.588. The van der Waals surface area contributed by atoms with Crippen LogP contribution >= 0.6 is 11.8 Å². The van der Waals surface area contributed by atoms with E-state index in [9.17, 15) is 4.79 Å². The zero-order valence-electron chi connectivity index (χ0n) is 12.7. The first kappa shape index (κ1) is 15.4. The number of hydrogen-bond donors (Lipinski definition) is 1. The summed E-state index contributed by atoms with van der Waals surface area (Å²) >= 11 is 1.69. The van der Waals surface area contributed by atoms with E-state index >= 15 is 0 Å². The topological polar surface area (TPSA) is 29.1 Å². The van der Waals surface area contributed by atoms with Crippen LogP contribution in [0.1, 0.15) is 44.2 Å². The third kappa shape index (κ3) is 4.86. The largest absolute Gasteiger partial charge is 0.353 e. The van der Waals surface area contributed by atoms with Gasteiger partial charge in [-0.15, -0.1) is 11.8 Å². The van der Waals surface area contributed by atoms with Gasteiger partial charge in [-0.25, -0.2) is 0 Å². The zero-order chi connectivity index (χ0) is 14.6. The van der Waals surface area contributed by atoms with E-state index in [1.807, 2.05) is 0 Å². The maximum absolute atomic E-state index is 11.9. The molecule has 1 fully saturated rings. The second-order valence-electron chi connectivity index (χ2n) is 6.65. The van der Waals surface area contributed by atoms with Crippen molar-refractivity contribution in [2.45, 2.75) is 51.8 Å². The molecule has 1 aromatic carbocycles. The predicted molar refractivity (Wildman–Crippen MR) is 86.9 cm³/mol. The Labute approximate surface area is 126 Å². The molecule has 3 heteroatoms. The average Bonchev–Trinajstić information content (AvgIpc) is 2.71.